The van der Waals surface area contributed by atoms with Crippen molar-refractivity contribution in [2.75, 3.05) is 11.4 Å². The van der Waals surface area contributed by atoms with Gasteiger partial charge >= 0.3 is 6.18 Å². The van der Waals surface area contributed by atoms with Gasteiger partial charge in [0, 0.05) is 12.4 Å². The predicted octanol–water partition coefficient (Wildman–Crippen LogP) is 3.06. The average Bonchev–Trinajstić information content (AvgIpc) is 2.54. The van der Waals surface area contributed by atoms with Gasteiger partial charge in [-0.15, -0.1) is 0 Å². The zero-order valence-corrected chi connectivity index (χ0v) is 12.3. The van der Waals surface area contributed by atoms with Gasteiger partial charge in [-0.25, -0.2) is 14.4 Å². The lowest BCUT2D eigenvalue weighted by Gasteiger charge is -2.33. The predicted molar refractivity (Wildman–Crippen MR) is 75.2 cm³/mol. The van der Waals surface area contributed by atoms with E-state index >= 15 is 0 Å². The Labute approximate surface area is 133 Å². The summed E-state index contributed by atoms with van der Waals surface area (Å²) >= 11 is 0. The molecule has 1 aromatic heterocycles. The van der Waals surface area contributed by atoms with Crippen molar-refractivity contribution in [2.45, 2.75) is 19.2 Å². The van der Waals surface area contributed by atoms with E-state index in [2.05, 4.69) is 9.97 Å². The van der Waals surface area contributed by atoms with Crippen LogP contribution < -0.4 is 9.64 Å². The Morgan fingerprint density at radius 1 is 1.29 bits per heavy atom. The van der Waals surface area contributed by atoms with E-state index in [1.165, 1.54) is 23.1 Å². The number of ether oxygens (including phenoxy) is 1. The number of amides is 1. The van der Waals surface area contributed by atoms with E-state index < -0.39 is 29.8 Å². The number of para-hydroxylation sites is 1. The first-order valence-corrected chi connectivity index (χ1v) is 6.93. The number of anilines is 1. The minimum atomic E-state index is -4.69. The Kier molecular flexibility index (Phi) is 3.86. The lowest BCUT2D eigenvalue weighted by Crippen LogP contribution is -2.42. The first kappa shape index (κ1) is 16.2. The lowest BCUT2D eigenvalue weighted by atomic mass is 10.1. The van der Waals surface area contributed by atoms with Gasteiger partial charge in [0.2, 0.25) is 5.82 Å². The topological polar surface area (TPSA) is 55.3 Å². The van der Waals surface area contributed by atoms with Crippen LogP contribution in [0.5, 0.6) is 5.75 Å². The fourth-order valence-electron chi connectivity index (χ4n) is 2.35. The maximum atomic E-state index is 13.9. The van der Waals surface area contributed by atoms with E-state index in [0.29, 0.717) is 0 Å². The van der Waals surface area contributed by atoms with Crippen LogP contribution in [0.2, 0.25) is 0 Å². The summed E-state index contributed by atoms with van der Waals surface area (Å²) in [5.74, 6) is -2.66. The molecule has 0 spiro atoms. The molecule has 9 heteroatoms. The molecular weight excluding hydrogens is 330 g/mol. The molecule has 1 aliphatic rings. The van der Waals surface area contributed by atoms with Gasteiger partial charge in [0.05, 0.1) is 17.8 Å². The number of halogens is 4. The molecule has 1 atom stereocenters. The minimum Gasteiger partial charge on any atom is -0.484 e. The molecule has 0 radical (unpaired) electrons. The quantitative estimate of drug-likeness (QED) is 0.748. The van der Waals surface area contributed by atoms with Crippen LogP contribution in [-0.4, -0.2) is 28.5 Å². The average molecular weight is 341 g/mol. The zero-order valence-electron chi connectivity index (χ0n) is 12.3. The fraction of sp³-hybridized carbons (Fsp3) is 0.267. The highest BCUT2D eigenvalue weighted by Gasteiger charge is 2.35. The highest BCUT2D eigenvalue weighted by atomic mass is 19.4. The smallest absolute Gasteiger partial charge is 0.451 e. The van der Waals surface area contributed by atoms with E-state index in [0.717, 1.165) is 12.4 Å². The normalized spacial score (nSPS) is 17.2. The second-order valence-electron chi connectivity index (χ2n) is 5.23. The largest absolute Gasteiger partial charge is 0.484 e. The van der Waals surface area contributed by atoms with E-state index in [-0.39, 0.29) is 23.5 Å². The van der Waals surface area contributed by atoms with Crippen LogP contribution in [0.15, 0.2) is 30.6 Å². The Morgan fingerprint density at radius 2 is 1.96 bits per heavy atom. The first-order chi connectivity index (χ1) is 11.3. The molecule has 24 heavy (non-hydrogen) atoms. The Hall–Kier alpha value is -2.71. The van der Waals surface area contributed by atoms with E-state index in [9.17, 15) is 22.4 Å². The van der Waals surface area contributed by atoms with Crippen molar-refractivity contribution in [1.82, 2.24) is 9.97 Å². The number of alkyl halides is 3. The summed E-state index contributed by atoms with van der Waals surface area (Å²) in [7, 11) is 0. The van der Waals surface area contributed by atoms with Gasteiger partial charge in [-0.2, -0.15) is 13.2 Å². The third-order valence-corrected chi connectivity index (χ3v) is 3.39. The van der Waals surface area contributed by atoms with Crippen LogP contribution in [-0.2, 0) is 6.18 Å². The number of hydrogen-bond acceptors (Lipinski definition) is 4. The van der Waals surface area contributed by atoms with Gasteiger partial charge in [-0.3, -0.25) is 4.79 Å². The Balaban J connectivity index is 1.95. The van der Waals surface area contributed by atoms with Crippen molar-refractivity contribution in [3.63, 3.8) is 0 Å². The molecule has 3 rings (SSSR count). The van der Waals surface area contributed by atoms with E-state index in [4.69, 9.17) is 4.74 Å². The Morgan fingerprint density at radius 3 is 2.58 bits per heavy atom. The lowest BCUT2D eigenvalue weighted by molar-refractivity contribution is -0.145. The summed E-state index contributed by atoms with van der Waals surface area (Å²) in [6.45, 7) is 1.77. The maximum absolute atomic E-state index is 13.9. The second-order valence-corrected chi connectivity index (χ2v) is 5.23. The summed E-state index contributed by atoms with van der Waals surface area (Å²) in [5, 5.41) is 0. The van der Waals surface area contributed by atoms with Crippen LogP contribution in [0.4, 0.5) is 23.2 Å². The fourth-order valence-corrected chi connectivity index (χ4v) is 2.35. The minimum absolute atomic E-state index is 0.0718. The van der Waals surface area contributed by atoms with Crippen molar-refractivity contribution in [1.29, 1.82) is 0 Å². The number of hydrogen-bond donors (Lipinski definition) is 0. The van der Waals surface area contributed by atoms with Crippen molar-refractivity contribution in [3.05, 3.63) is 47.8 Å². The van der Waals surface area contributed by atoms with E-state index in [1.54, 1.807) is 6.92 Å². The maximum Gasteiger partial charge on any atom is 0.451 e. The van der Waals surface area contributed by atoms with Gasteiger partial charge in [0.15, 0.2) is 11.6 Å². The van der Waals surface area contributed by atoms with E-state index in [1.807, 2.05) is 0 Å². The summed E-state index contributed by atoms with van der Waals surface area (Å²) in [6.07, 6.45) is -3.56. The molecule has 0 saturated carbocycles. The van der Waals surface area contributed by atoms with Crippen molar-refractivity contribution in [2.24, 2.45) is 0 Å². The molecule has 0 bridgehead atoms. The van der Waals surface area contributed by atoms with Crippen LogP contribution in [0.1, 0.15) is 23.1 Å². The molecule has 1 aliphatic heterocycles. The highest BCUT2D eigenvalue weighted by molar-refractivity contribution is 6.06. The van der Waals surface area contributed by atoms with Crippen LogP contribution in [0, 0.1) is 5.82 Å². The number of nitrogens with zero attached hydrogens (tertiary/aromatic N) is 3. The van der Waals surface area contributed by atoms with Gasteiger partial charge in [-0.05, 0) is 19.1 Å². The third kappa shape index (κ3) is 2.89. The van der Waals surface area contributed by atoms with Gasteiger partial charge in [-0.1, -0.05) is 6.07 Å². The van der Waals surface area contributed by atoms with Crippen LogP contribution >= 0.6 is 0 Å². The summed E-state index contributed by atoms with van der Waals surface area (Å²) < 4.78 is 56.7. The molecular formula is C15H11F4N3O2. The molecule has 1 aromatic carbocycles. The molecule has 0 fully saturated rings. The summed E-state index contributed by atoms with van der Waals surface area (Å²) in [4.78, 5) is 20.1. The monoisotopic (exact) mass is 341 g/mol. The molecule has 5 nitrogen and oxygen atoms in total. The molecule has 1 amide bonds. The van der Waals surface area contributed by atoms with Crippen molar-refractivity contribution in [3.8, 4) is 5.75 Å². The summed E-state index contributed by atoms with van der Waals surface area (Å²) in [5.41, 5.74) is 0.0744. The molecule has 0 N–H and O–H groups in total. The number of rotatable bonds is 1. The molecule has 0 saturated heterocycles. The van der Waals surface area contributed by atoms with Gasteiger partial charge < -0.3 is 9.64 Å². The van der Waals surface area contributed by atoms with Crippen molar-refractivity contribution >= 4 is 11.6 Å². The number of carbonyl (C=O) groups is 1. The standard InChI is InChI=1S/C15H11F4N3O2/c1-8-7-22(11-4-2-3-10(16)12(11)24-8)13(23)9-5-20-14(21-6-9)15(17,18)19/h2-6,8H,7H2,1H3/t8-/m1/s1. The molecule has 2 aromatic rings. The zero-order chi connectivity index (χ0) is 17.5. The third-order valence-electron chi connectivity index (χ3n) is 3.39. The molecule has 2 heterocycles. The Bertz CT molecular complexity index is 777. The SMILES string of the molecule is C[C@@H]1CN(C(=O)c2cnc(C(F)(F)F)nc2)c2cccc(F)c2O1. The molecule has 126 valence electrons. The van der Waals surface area contributed by atoms with Crippen LogP contribution in [0.3, 0.4) is 0 Å². The highest BCUT2D eigenvalue weighted by Crippen LogP contribution is 2.36. The molecule has 0 aliphatic carbocycles. The van der Waals surface area contributed by atoms with Crippen LogP contribution in [0.25, 0.3) is 0 Å². The summed E-state index contributed by atoms with van der Waals surface area (Å²) in [6, 6.07) is 4.10. The molecule has 0 unspecified atom stereocenters. The second kappa shape index (κ2) is 5.73. The van der Waals surface area contributed by atoms with Gasteiger partial charge in [0.25, 0.3) is 5.91 Å². The first-order valence-electron chi connectivity index (χ1n) is 6.93. The number of benzene rings is 1. The number of fused-ring (bicyclic) bond motifs is 1. The number of carbonyl (C=O) groups excluding carboxylic acids is 1. The van der Waals surface area contributed by atoms with Gasteiger partial charge in [0.1, 0.15) is 6.10 Å². The van der Waals surface area contributed by atoms with Crippen molar-refractivity contribution < 1.29 is 27.1 Å². The number of aromatic nitrogens is 2.